The maximum absolute atomic E-state index is 6.03. The number of anilines is 2. The zero-order valence-electron chi connectivity index (χ0n) is 8.84. The summed E-state index contributed by atoms with van der Waals surface area (Å²) in [7, 11) is 0. The van der Waals surface area contributed by atoms with Gasteiger partial charge in [-0.05, 0) is 18.9 Å². The van der Waals surface area contributed by atoms with E-state index in [0.29, 0.717) is 21.7 Å². The third-order valence-corrected chi connectivity index (χ3v) is 3.17. The molecular formula is C10H14Cl2N4. The summed E-state index contributed by atoms with van der Waals surface area (Å²) in [6, 6.07) is 1.61. The number of nitrogens with one attached hydrogen (secondary N) is 1. The van der Waals surface area contributed by atoms with Gasteiger partial charge in [0.1, 0.15) is 5.82 Å². The highest BCUT2D eigenvalue weighted by Gasteiger charge is 2.13. The Morgan fingerprint density at radius 3 is 2.56 bits per heavy atom. The van der Waals surface area contributed by atoms with Crippen molar-refractivity contribution in [3.05, 3.63) is 16.1 Å². The predicted molar refractivity (Wildman–Crippen MR) is 67.7 cm³/mol. The Balaban J connectivity index is 2.11. The van der Waals surface area contributed by atoms with Crippen molar-refractivity contribution in [2.24, 2.45) is 0 Å². The Kier molecular flexibility index (Phi) is 3.74. The molecule has 4 nitrogen and oxygen atoms in total. The van der Waals surface area contributed by atoms with Gasteiger partial charge in [-0.2, -0.15) is 0 Å². The van der Waals surface area contributed by atoms with E-state index in [1.165, 1.54) is 19.3 Å². The minimum absolute atomic E-state index is 0.297. The van der Waals surface area contributed by atoms with Crippen molar-refractivity contribution in [1.29, 1.82) is 0 Å². The van der Waals surface area contributed by atoms with Crippen LogP contribution in [-0.4, -0.2) is 23.1 Å². The lowest BCUT2D eigenvalue weighted by Gasteiger charge is -2.27. The van der Waals surface area contributed by atoms with Crippen LogP contribution in [-0.2, 0) is 0 Å². The maximum atomic E-state index is 6.03. The topological polar surface area (TPSA) is 54.2 Å². The van der Waals surface area contributed by atoms with Gasteiger partial charge in [-0.1, -0.05) is 29.6 Å². The zero-order valence-corrected chi connectivity index (χ0v) is 10.4. The molecule has 3 N–H and O–H groups in total. The van der Waals surface area contributed by atoms with Crippen molar-refractivity contribution >= 4 is 34.8 Å². The Morgan fingerprint density at radius 2 is 1.88 bits per heavy atom. The summed E-state index contributed by atoms with van der Waals surface area (Å²) in [5.74, 6) is 0.871. The molecule has 0 aliphatic carbocycles. The molecule has 16 heavy (non-hydrogen) atoms. The molecule has 1 aliphatic heterocycles. The third kappa shape index (κ3) is 2.70. The monoisotopic (exact) mass is 260 g/mol. The number of hydrazine groups is 1. The highest BCUT2D eigenvalue weighted by Crippen LogP contribution is 2.28. The van der Waals surface area contributed by atoms with E-state index in [9.17, 15) is 0 Å². The van der Waals surface area contributed by atoms with Crippen molar-refractivity contribution in [1.82, 2.24) is 9.99 Å². The first kappa shape index (κ1) is 11.8. The molecule has 0 saturated carbocycles. The maximum Gasteiger partial charge on any atom is 0.161 e. The summed E-state index contributed by atoms with van der Waals surface area (Å²) in [4.78, 5) is 4.13. The van der Waals surface area contributed by atoms with E-state index < -0.39 is 0 Å². The fourth-order valence-electron chi connectivity index (χ4n) is 1.71. The highest BCUT2D eigenvalue weighted by molar-refractivity contribution is 6.37. The van der Waals surface area contributed by atoms with Crippen LogP contribution in [0.1, 0.15) is 19.3 Å². The molecule has 6 heteroatoms. The van der Waals surface area contributed by atoms with Crippen LogP contribution < -0.4 is 11.2 Å². The zero-order chi connectivity index (χ0) is 11.5. The van der Waals surface area contributed by atoms with Gasteiger partial charge < -0.3 is 11.2 Å². The summed E-state index contributed by atoms with van der Waals surface area (Å²) in [5.41, 5.74) is 8.80. The Hall–Kier alpha value is -0.710. The summed E-state index contributed by atoms with van der Waals surface area (Å²) in [5, 5.41) is 2.98. The van der Waals surface area contributed by atoms with E-state index in [-0.39, 0.29) is 0 Å². The lowest BCUT2D eigenvalue weighted by molar-refractivity contribution is 0.272. The minimum Gasteiger partial charge on any atom is -0.382 e. The number of aromatic nitrogens is 1. The summed E-state index contributed by atoms with van der Waals surface area (Å²) >= 11 is 11.8. The molecular weight excluding hydrogens is 247 g/mol. The number of nitrogen functional groups attached to an aromatic ring is 1. The molecule has 88 valence electrons. The van der Waals surface area contributed by atoms with E-state index in [0.717, 1.165) is 13.1 Å². The van der Waals surface area contributed by atoms with Crippen LogP contribution in [0, 0.1) is 0 Å². The molecule has 0 spiro atoms. The Morgan fingerprint density at radius 1 is 1.19 bits per heavy atom. The number of nitrogens with zero attached hydrogens (tertiary/aromatic N) is 2. The van der Waals surface area contributed by atoms with Gasteiger partial charge in [-0.15, -0.1) is 0 Å². The van der Waals surface area contributed by atoms with Gasteiger partial charge in [-0.3, -0.25) is 0 Å². The number of hydrogen-bond acceptors (Lipinski definition) is 4. The Labute approximate surface area is 105 Å². The summed E-state index contributed by atoms with van der Waals surface area (Å²) in [6.07, 6.45) is 3.66. The standard InChI is InChI=1S/C10H14Cl2N4/c11-7-6-8(12)10(14-9(7)13)15-16-4-2-1-3-5-16/h6H,1-5H2,(H3,13,14,15). The average molecular weight is 261 g/mol. The second kappa shape index (κ2) is 5.08. The number of piperidine rings is 1. The van der Waals surface area contributed by atoms with Crippen molar-refractivity contribution in [3.8, 4) is 0 Å². The van der Waals surface area contributed by atoms with Gasteiger partial charge in [0.05, 0.1) is 10.0 Å². The van der Waals surface area contributed by atoms with E-state index in [1.807, 2.05) is 0 Å². The highest BCUT2D eigenvalue weighted by atomic mass is 35.5. The molecule has 2 rings (SSSR count). The van der Waals surface area contributed by atoms with Crippen molar-refractivity contribution in [3.63, 3.8) is 0 Å². The fraction of sp³-hybridized carbons (Fsp3) is 0.500. The molecule has 0 unspecified atom stereocenters. The molecule has 0 radical (unpaired) electrons. The largest absolute Gasteiger partial charge is 0.382 e. The van der Waals surface area contributed by atoms with Crippen molar-refractivity contribution in [2.45, 2.75) is 19.3 Å². The molecule has 0 atom stereocenters. The second-order valence-electron chi connectivity index (χ2n) is 3.85. The van der Waals surface area contributed by atoms with Crippen LogP contribution in [0.3, 0.4) is 0 Å². The first-order valence-electron chi connectivity index (χ1n) is 5.30. The predicted octanol–water partition coefficient (Wildman–Crippen LogP) is 2.78. The lowest BCUT2D eigenvalue weighted by atomic mass is 10.2. The van der Waals surface area contributed by atoms with E-state index in [4.69, 9.17) is 28.9 Å². The van der Waals surface area contributed by atoms with Crippen molar-refractivity contribution < 1.29 is 0 Å². The van der Waals surface area contributed by atoms with Crippen LogP contribution >= 0.6 is 23.2 Å². The molecule has 1 aromatic heterocycles. The van der Waals surface area contributed by atoms with E-state index in [1.54, 1.807) is 6.07 Å². The molecule has 1 fully saturated rings. The second-order valence-corrected chi connectivity index (χ2v) is 4.66. The number of halogens is 2. The normalized spacial score (nSPS) is 17.4. The minimum atomic E-state index is 0.297. The molecule has 1 aromatic rings. The van der Waals surface area contributed by atoms with Crippen LogP contribution in [0.5, 0.6) is 0 Å². The van der Waals surface area contributed by atoms with Crippen LogP contribution in [0.15, 0.2) is 6.07 Å². The molecule has 0 amide bonds. The van der Waals surface area contributed by atoms with Crippen molar-refractivity contribution in [2.75, 3.05) is 24.2 Å². The summed E-state index contributed by atoms with van der Waals surface area (Å²) < 4.78 is 0. The van der Waals surface area contributed by atoms with Gasteiger partial charge >= 0.3 is 0 Å². The average Bonchev–Trinajstić information content (AvgIpc) is 2.27. The molecule has 0 aromatic carbocycles. The fourth-order valence-corrected chi connectivity index (χ4v) is 2.12. The van der Waals surface area contributed by atoms with Crippen LogP contribution in [0.25, 0.3) is 0 Å². The number of pyridine rings is 1. The van der Waals surface area contributed by atoms with Crippen LogP contribution in [0.2, 0.25) is 10.0 Å². The molecule has 2 heterocycles. The number of nitrogens with two attached hydrogens (primary N) is 1. The molecule has 1 aliphatic rings. The van der Waals surface area contributed by atoms with Gasteiger partial charge in [0, 0.05) is 13.1 Å². The SMILES string of the molecule is Nc1nc(NN2CCCCC2)c(Cl)cc1Cl. The number of hydrogen-bond donors (Lipinski definition) is 2. The Bertz CT molecular complexity index is 377. The number of rotatable bonds is 2. The van der Waals surface area contributed by atoms with Crippen LogP contribution in [0.4, 0.5) is 11.6 Å². The first-order chi connectivity index (χ1) is 7.66. The lowest BCUT2D eigenvalue weighted by Crippen LogP contribution is -2.35. The van der Waals surface area contributed by atoms with E-state index >= 15 is 0 Å². The summed E-state index contributed by atoms with van der Waals surface area (Å²) in [6.45, 7) is 2.00. The van der Waals surface area contributed by atoms with E-state index in [2.05, 4.69) is 15.4 Å². The first-order valence-corrected chi connectivity index (χ1v) is 6.05. The smallest absolute Gasteiger partial charge is 0.161 e. The quantitative estimate of drug-likeness (QED) is 0.859. The molecule has 0 bridgehead atoms. The third-order valence-electron chi connectivity index (χ3n) is 2.58. The van der Waals surface area contributed by atoms with Gasteiger partial charge in [-0.25, -0.2) is 9.99 Å². The van der Waals surface area contributed by atoms with Gasteiger partial charge in [0.25, 0.3) is 0 Å². The van der Waals surface area contributed by atoms with Gasteiger partial charge in [0.15, 0.2) is 5.82 Å². The molecule has 1 saturated heterocycles. The van der Waals surface area contributed by atoms with Gasteiger partial charge in [0.2, 0.25) is 0 Å².